The van der Waals surface area contributed by atoms with Gasteiger partial charge in [0.1, 0.15) is 6.17 Å². The number of rotatable bonds is 18. The molecule has 0 N–H and O–H groups in total. The Morgan fingerprint density at radius 3 is 1.70 bits per heavy atom. The fourth-order valence-corrected chi connectivity index (χ4v) is 4.64. The third kappa shape index (κ3) is 10.0. The minimum absolute atomic E-state index is 0.549. The molecule has 170 valence electrons. The molecule has 0 saturated heterocycles. The largest absolute Gasteiger partial charge is 0.356 e. The molecule has 2 rings (SSSR count). The molecule has 1 atom stereocenters. The van der Waals surface area contributed by atoms with E-state index in [0.717, 1.165) is 6.54 Å². The highest BCUT2D eigenvalue weighted by atomic mass is 15.4. The van der Waals surface area contributed by atoms with Crippen molar-refractivity contribution in [2.24, 2.45) is 0 Å². The molecule has 1 aliphatic heterocycles. The Labute approximate surface area is 187 Å². The van der Waals surface area contributed by atoms with Crippen molar-refractivity contribution in [3.63, 3.8) is 0 Å². The second-order valence-electron chi connectivity index (χ2n) is 9.21. The fourth-order valence-electron chi connectivity index (χ4n) is 4.64. The van der Waals surface area contributed by atoms with Gasteiger partial charge in [-0.3, -0.25) is 0 Å². The van der Waals surface area contributed by atoms with Crippen molar-refractivity contribution >= 4 is 0 Å². The zero-order chi connectivity index (χ0) is 21.3. The highest BCUT2D eigenvalue weighted by Gasteiger charge is 2.24. The molecule has 0 radical (unpaired) electrons. The van der Waals surface area contributed by atoms with Gasteiger partial charge in [-0.1, -0.05) is 128 Å². The first-order valence-electron chi connectivity index (χ1n) is 13.1. The Hall–Kier alpha value is -1.44. The topological polar surface area (TPSA) is 6.48 Å². The number of hydrogen-bond donors (Lipinski definition) is 0. The highest BCUT2D eigenvalue weighted by Crippen LogP contribution is 2.23. The first-order chi connectivity index (χ1) is 14.8. The summed E-state index contributed by atoms with van der Waals surface area (Å²) in [5.41, 5.74) is 1.41. The average Bonchev–Trinajstić information content (AvgIpc) is 3.13. The summed E-state index contributed by atoms with van der Waals surface area (Å²) >= 11 is 0. The summed E-state index contributed by atoms with van der Waals surface area (Å²) in [6.45, 7) is 6.84. The molecule has 1 unspecified atom stereocenters. The van der Waals surface area contributed by atoms with Gasteiger partial charge in [-0.05, 0) is 18.4 Å². The molecular weight excluding hydrogens is 364 g/mol. The third-order valence-corrected chi connectivity index (χ3v) is 6.49. The van der Waals surface area contributed by atoms with Crippen LogP contribution in [0.3, 0.4) is 0 Å². The Bertz CT molecular complexity index is 539. The van der Waals surface area contributed by atoms with Crippen LogP contribution in [-0.2, 0) is 6.54 Å². The quantitative estimate of drug-likeness (QED) is 0.223. The van der Waals surface area contributed by atoms with E-state index in [0.29, 0.717) is 6.17 Å². The third-order valence-electron chi connectivity index (χ3n) is 6.49. The number of benzene rings is 1. The Kier molecular flexibility index (Phi) is 13.5. The molecule has 30 heavy (non-hydrogen) atoms. The van der Waals surface area contributed by atoms with Crippen LogP contribution in [0.25, 0.3) is 0 Å². The van der Waals surface area contributed by atoms with Crippen molar-refractivity contribution in [3.05, 3.63) is 48.3 Å². The minimum Gasteiger partial charge on any atom is -0.356 e. The van der Waals surface area contributed by atoms with Crippen molar-refractivity contribution in [1.29, 1.82) is 0 Å². The first kappa shape index (κ1) is 24.8. The molecule has 2 heteroatoms. The zero-order valence-electron chi connectivity index (χ0n) is 20.0. The monoisotopic (exact) mass is 412 g/mol. The van der Waals surface area contributed by atoms with E-state index >= 15 is 0 Å². The van der Waals surface area contributed by atoms with Gasteiger partial charge in [0.25, 0.3) is 0 Å². The van der Waals surface area contributed by atoms with E-state index < -0.39 is 0 Å². The summed E-state index contributed by atoms with van der Waals surface area (Å²) < 4.78 is 0. The lowest BCUT2D eigenvalue weighted by atomic mass is 10.0. The molecule has 0 bridgehead atoms. The summed E-state index contributed by atoms with van der Waals surface area (Å²) in [4.78, 5) is 5.12. The van der Waals surface area contributed by atoms with Gasteiger partial charge in [0, 0.05) is 25.5 Å². The Morgan fingerprint density at radius 1 is 0.600 bits per heavy atom. The van der Waals surface area contributed by atoms with E-state index in [4.69, 9.17) is 0 Å². The molecule has 1 aromatic carbocycles. The van der Waals surface area contributed by atoms with E-state index in [2.05, 4.69) is 66.4 Å². The van der Waals surface area contributed by atoms with Crippen LogP contribution in [0.2, 0.25) is 0 Å². The molecule has 0 aromatic heterocycles. The van der Waals surface area contributed by atoms with Crippen LogP contribution in [0.1, 0.15) is 116 Å². The summed E-state index contributed by atoms with van der Waals surface area (Å²) in [5.74, 6) is 0. The Morgan fingerprint density at radius 2 is 1.13 bits per heavy atom. The standard InChI is InChI=1S/C28H48N2/c1-3-5-6-7-8-9-10-11-12-13-14-15-19-23-29-24-25-30(28(29)20-4-2)26-27-21-17-16-18-22-27/h16-18,21-22,24-25,28H,3-15,19-20,23,26H2,1-2H3. The van der Waals surface area contributed by atoms with Gasteiger partial charge in [0.05, 0.1) is 0 Å². The van der Waals surface area contributed by atoms with Gasteiger partial charge in [-0.15, -0.1) is 0 Å². The Balaban J connectivity index is 1.50. The van der Waals surface area contributed by atoms with Gasteiger partial charge in [-0.2, -0.15) is 0 Å². The van der Waals surface area contributed by atoms with Crippen molar-refractivity contribution in [2.45, 2.75) is 123 Å². The van der Waals surface area contributed by atoms with Crippen LogP contribution in [0, 0.1) is 0 Å². The maximum Gasteiger partial charge on any atom is 0.101 e. The fraction of sp³-hybridized carbons (Fsp3) is 0.714. The van der Waals surface area contributed by atoms with Gasteiger partial charge in [-0.25, -0.2) is 0 Å². The van der Waals surface area contributed by atoms with E-state index in [1.54, 1.807) is 0 Å². The molecule has 0 fully saturated rings. The van der Waals surface area contributed by atoms with Crippen LogP contribution in [-0.4, -0.2) is 22.5 Å². The van der Waals surface area contributed by atoms with E-state index in [9.17, 15) is 0 Å². The molecule has 1 aromatic rings. The average molecular weight is 413 g/mol. The van der Waals surface area contributed by atoms with E-state index in [1.165, 1.54) is 108 Å². The molecule has 1 heterocycles. The molecule has 0 aliphatic carbocycles. The number of nitrogens with zero attached hydrogens (tertiary/aromatic N) is 2. The smallest absolute Gasteiger partial charge is 0.101 e. The van der Waals surface area contributed by atoms with Crippen molar-refractivity contribution in [3.8, 4) is 0 Å². The zero-order valence-corrected chi connectivity index (χ0v) is 20.0. The van der Waals surface area contributed by atoms with Crippen molar-refractivity contribution in [2.75, 3.05) is 6.54 Å². The lowest BCUT2D eigenvalue weighted by Gasteiger charge is -2.33. The minimum atomic E-state index is 0.549. The number of hydrogen-bond acceptors (Lipinski definition) is 2. The molecular formula is C28H48N2. The van der Waals surface area contributed by atoms with E-state index in [-0.39, 0.29) is 0 Å². The molecule has 1 aliphatic rings. The summed E-state index contributed by atoms with van der Waals surface area (Å²) in [6, 6.07) is 10.9. The van der Waals surface area contributed by atoms with Gasteiger partial charge in [0.15, 0.2) is 0 Å². The van der Waals surface area contributed by atoms with Gasteiger partial charge in [0.2, 0.25) is 0 Å². The van der Waals surface area contributed by atoms with Crippen LogP contribution < -0.4 is 0 Å². The number of unbranched alkanes of at least 4 members (excludes halogenated alkanes) is 12. The second kappa shape index (κ2) is 16.3. The highest BCUT2D eigenvalue weighted by molar-refractivity contribution is 5.15. The maximum absolute atomic E-state index is 2.59. The van der Waals surface area contributed by atoms with Crippen molar-refractivity contribution in [1.82, 2.24) is 9.80 Å². The van der Waals surface area contributed by atoms with Gasteiger partial charge >= 0.3 is 0 Å². The van der Waals surface area contributed by atoms with Crippen LogP contribution >= 0.6 is 0 Å². The summed E-state index contributed by atoms with van der Waals surface area (Å²) in [7, 11) is 0. The predicted molar refractivity (Wildman–Crippen MR) is 132 cm³/mol. The van der Waals surface area contributed by atoms with Crippen LogP contribution in [0.15, 0.2) is 42.7 Å². The summed E-state index contributed by atoms with van der Waals surface area (Å²) in [5, 5.41) is 0. The SMILES string of the molecule is CCCCCCCCCCCCCCCN1C=CN(Cc2ccccc2)C1CCC. The maximum atomic E-state index is 2.59. The first-order valence-corrected chi connectivity index (χ1v) is 13.1. The molecule has 2 nitrogen and oxygen atoms in total. The van der Waals surface area contributed by atoms with Gasteiger partial charge < -0.3 is 9.80 Å². The van der Waals surface area contributed by atoms with Crippen molar-refractivity contribution < 1.29 is 0 Å². The predicted octanol–water partition coefficient (Wildman–Crippen LogP) is 8.49. The molecule has 0 amide bonds. The summed E-state index contributed by atoms with van der Waals surface area (Å²) in [6.07, 6.45) is 26.2. The van der Waals surface area contributed by atoms with E-state index in [1.807, 2.05) is 0 Å². The lowest BCUT2D eigenvalue weighted by molar-refractivity contribution is 0.134. The lowest BCUT2D eigenvalue weighted by Crippen LogP contribution is -2.38. The second-order valence-corrected chi connectivity index (χ2v) is 9.21. The molecule has 0 saturated carbocycles. The normalized spacial score (nSPS) is 16.0. The van der Waals surface area contributed by atoms with Crippen LogP contribution in [0.5, 0.6) is 0 Å². The molecule has 0 spiro atoms. The van der Waals surface area contributed by atoms with Crippen LogP contribution in [0.4, 0.5) is 0 Å².